The summed E-state index contributed by atoms with van der Waals surface area (Å²) in [6, 6.07) is 0.188. The molecule has 1 heterocycles. The maximum atomic E-state index is 12.0. The summed E-state index contributed by atoms with van der Waals surface area (Å²) in [4.78, 5) is 12.0. The summed E-state index contributed by atoms with van der Waals surface area (Å²) in [5.41, 5.74) is 6.03. The van der Waals surface area contributed by atoms with Gasteiger partial charge in [-0.1, -0.05) is 6.92 Å². The Kier molecular flexibility index (Phi) is 5.01. The van der Waals surface area contributed by atoms with Crippen molar-refractivity contribution >= 4 is 5.91 Å². The monoisotopic (exact) mass is 254 g/mol. The molecule has 2 fully saturated rings. The van der Waals surface area contributed by atoms with Crippen molar-refractivity contribution in [3.05, 3.63) is 0 Å². The minimum absolute atomic E-state index is 0.126. The van der Waals surface area contributed by atoms with Crippen molar-refractivity contribution in [2.75, 3.05) is 13.2 Å². The molecule has 4 atom stereocenters. The molecule has 0 spiro atoms. The van der Waals surface area contributed by atoms with Crippen molar-refractivity contribution in [1.29, 1.82) is 0 Å². The molecule has 3 N–H and O–H groups in total. The van der Waals surface area contributed by atoms with E-state index in [0.717, 1.165) is 51.7 Å². The van der Waals surface area contributed by atoms with Crippen LogP contribution in [0.5, 0.6) is 0 Å². The van der Waals surface area contributed by atoms with Gasteiger partial charge in [0.1, 0.15) is 0 Å². The number of ether oxygens (including phenoxy) is 1. The third kappa shape index (κ3) is 3.69. The molecule has 0 bridgehead atoms. The molecule has 0 radical (unpaired) electrons. The van der Waals surface area contributed by atoms with Crippen molar-refractivity contribution < 1.29 is 9.53 Å². The zero-order valence-electron chi connectivity index (χ0n) is 11.4. The minimum Gasteiger partial charge on any atom is -0.378 e. The SMILES string of the molecule is CC1CCC(C(=O)NCCC2CCCO2)CC1N. The van der Waals surface area contributed by atoms with Crippen LogP contribution in [0.2, 0.25) is 0 Å². The molecular formula is C14H26N2O2. The number of nitrogens with two attached hydrogens (primary N) is 1. The van der Waals surface area contributed by atoms with E-state index < -0.39 is 0 Å². The van der Waals surface area contributed by atoms with Crippen LogP contribution in [-0.2, 0) is 9.53 Å². The number of carbonyl (C=O) groups is 1. The highest BCUT2D eigenvalue weighted by Gasteiger charge is 2.29. The molecule has 4 unspecified atom stereocenters. The molecule has 0 aromatic heterocycles. The van der Waals surface area contributed by atoms with E-state index >= 15 is 0 Å². The number of carbonyl (C=O) groups excluding carboxylic acids is 1. The van der Waals surface area contributed by atoms with Gasteiger partial charge in [-0.2, -0.15) is 0 Å². The van der Waals surface area contributed by atoms with Crippen LogP contribution in [0.15, 0.2) is 0 Å². The Morgan fingerprint density at radius 3 is 2.89 bits per heavy atom. The van der Waals surface area contributed by atoms with Crippen molar-refractivity contribution in [2.24, 2.45) is 17.6 Å². The van der Waals surface area contributed by atoms with E-state index in [2.05, 4.69) is 12.2 Å². The molecule has 1 saturated heterocycles. The lowest BCUT2D eigenvalue weighted by Crippen LogP contribution is -2.41. The van der Waals surface area contributed by atoms with E-state index in [9.17, 15) is 4.79 Å². The lowest BCUT2D eigenvalue weighted by Gasteiger charge is -2.31. The quantitative estimate of drug-likeness (QED) is 0.798. The van der Waals surface area contributed by atoms with E-state index in [0.29, 0.717) is 12.0 Å². The summed E-state index contributed by atoms with van der Waals surface area (Å²) >= 11 is 0. The van der Waals surface area contributed by atoms with E-state index in [4.69, 9.17) is 10.5 Å². The molecule has 2 aliphatic rings. The van der Waals surface area contributed by atoms with Gasteiger partial charge in [-0.25, -0.2) is 0 Å². The zero-order chi connectivity index (χ0) is 13.0. The summed E-state index contributed by atoms with van der Waals surface area (Å²) < 4.78 is 5.54. The van der Waals surface area contributed by atoms with Crippen molar-refractivity contribution in [3.63, 3.8) is 0 Å². The fraction of sp³-hybridized carbons (Fsp3) is 0.929. The van der Waals surface area contributed by atoms with Gasteiger partial charge in [-0.3, -0.25) is 4.79 Å². The predicted octanol–water partition coefficient (Wildman–Crippen LogP) is 1.44. The van der Waals surface area contributed by atoms with Crippen molar-refractivity contribution in [2.45, 2.75) is 57.6 Å². The van der Waals surface area contributed by atoms with E-state index in [1.165, 1.54) is 0 Å². The smallest absolute Gasteiger partial charge is 0.223 e. The van der Waals surface area contributed by atoms with Gasteiger partial charge in [-0.15, -0.1) is 0 Å². The normalized spacial score (nSPS) is 36.6. The van der Waals surface area contributed by atoms with Gasteiger partial charge in [0.25, 0.3) is 0 Å². The second-order valence-electron chi connectivity index (χ2n) is 5.87. The van der Waals surface area contributed by atoms with Crippen LogP contribution in [0, 0.1) is 11.8 Å². The number of amides is 1. The maximum absolute atomic E-state index is 12.0. The lowest BCUT2D eigenvalue weighted by molar-refractivity contribution is -0.126. The first-order valence-electron chi connectivity index (χ1n) is 7.31. The largest absolute Gasteiger partial charge is 0.378 e. The van der Waals surface area contributed by atoms with Crippen molar-refractivity contribution in [3.8, 4) is 0 Å². The number of rotatable bonds is 4. The maximum Gasteiger partial charge on any atom is 0.223 e. The van der Waals surface area contributed by atoms with Crippen LogP contribution in [0.4, 0.5) is 0 Å². The van der Waals surface area contributed by atoms with Gasteiger partial charge in [0.15, 0.2) is 0 Å². The van der Waals surface area contributed by atoms with Crippen LogP contribution in [0.3, 0.4) is 0 Å². The second-order valence-corrected chi connectivity index (χ2v) is 5.87. The fourth-order valence-corrected chi connectivity index (χ4v) is 2.97. The summed E-state index contributed by atoms with van der Waals surface area (Å²) in [6.07, 6.45) is 6.51. The first kappa shape index (κ1) is 13.8. The van der Waals surface area contributed by atoms with Gasteiger partial charge in [0.2, 0.25) is 5.91 Å². The van der Waals surface area contributed by atoms with Crippen LogP contribution in [0.1, 0.15) is 45.4 Å². The molecule has 1 amide bonds. The Hall–Kier alpha value is -0.610. The summed E-state index contributed by atoms with van der Waals surface area (Å²) in [7, 11) is 0. The predicted molar refractivity (Wildman–Crippen MR) is 71.1 cm³/mol. The number of hydrogen-bond acceptors (Lipinski definition) is 3. The summed E-state index contributed by atoms with van der Waals surface area (Å²) in [5.74, 6) is 0.872. The fourth-order valence-electron chi connectivity index (χ4n) is 2.97. The first-order valence-corrected chi connectivity index (χ1v) is 7.31. The Morgan fingerprint density at radius 1 is 1.39 bits per heavy atom. The third-order valence-electron chi connectivity index (χ3n) is 4.42. The van der Waals surface area contributed by atoms with Crippen LogP contribution >= 0.6 is 0 Å². The van der Waals surface area contributed by atoms with Crippen LogP contribution < -0.4 is 11.1 Å². The summed E-state index contributed by atoms with van der Waals surface area (Å²) in [6.45, 7) is 3.80. The summed E-state index contributed by atoms with van der Waals surface area (Å²) in [5, 5.41) is 3.04. The lowest BCUT2D eigenvalue weighted by atomic mass is 9.79. The molecule has 4 nitrogen and oxygen atoms in total. The van der Waals surface area contributed by atoms with E-state index in [1.54, 1.807) is 0 Å². The Morgan fingerprint density at radius 2 is 2.22 bits per heavy atom. The van der Waals surface area contributed by atoms with Gasteiger partial charge >= 0.3 is 0 Å². The molecule has 0 aromatic carbocycles. The highest BCUT2D eigenvalue weighted by atomic mass is 16.5. The molecule has 0 aromatic rings. The Bertz CT molecular complexity index is 277. The molecule has 1 saturated carbocycles. The van der Waals surface area contributed by atoms with Crippen LogP contribution in [0.25, 0.3) is 0 Å². The Balaban J connectivity index is 1.64. The molecule has 2 rings (SSSR count). The molecule has 1 aliphatic heterocycles. The van der Waals surface area contributed by atoms with E-state index in [-0.39, 0.29) is 17.9 Å². The number of hydrogen-bond donors (Lipinski definition) is 2. The zero-order valence-corrected chi connectivity index (χ0v) is 11.4. The van der Waals surface area contributed by atoms with E-state index in [1.807, 2.05) is 0 Å². The van der Waals surface area contributed by atoms with Gasteiger partial charge in [0.05, 0.1) is 6.10 Å². The number of nitrogens with one attached hydrogen (secondary N) is 1. The van der Waals surface area contributed by atoms with Gasteiger partial charge < -0.3 is 15.8 Å². The third-order valence-corrected chi connectivity index (χ3v) is 4.42. The Labute approximate surface area is 110 Å². The highest BCUT2D eigenvalue weighted by molar-refractivity contribution is 5.78. The van der Waals surface area contributed by atoms with Gasteiger partial charge in [0, 0.05) is 25.1 Å². The average Bonchev–Trinajstić information content (AvgIpc) is 2.85. The van der Waals surface area contributed by atoms with Crippen LogP contribution in [-0.4, -0.2) is 31.2 Å². The molecular weight excluding hydrogens is 228 g/mol. The molecule has 18 heavy (non-hydrogen) atoms. The average molecular weight is 254 g/mol. The van der Waals surface area contributed by atoms with Gasteiger partial charge in [-0.05, 0) is 44.4 Å². The molecule has 1 aliphatic carbocycles. The molecule has 104 valence electrons. The second kappa shape index (κ2) is 6.53. The highest BCUT2D eigenvalue weighted by Crippen LogP contribution is 2.27. The van der Waals surface area contributed by atoms with Crippen molar-refractivity contribution in [1.82, 2.24) is 5.32 Å². The standard InChI is InChI=1S/C14H26N2O2/c1-10-4-5-11(9-13(10)15)14(17)16-7-6-12-3-2-8-18-12/h10-13H,2-9,15H2,1H3,(H,16,17). The first-order chi connectivity index (χ1) is 8.66. The topological polar surface area (TPSA) is 64.3 Å². The molecule has 4 heteroatoms. The minimum atomic E-state index is 0.126.